The maximum absolute atomic E-state index is 12.1. The molecular weight excluding hydrogens is 258 g/mol. The van der Waals surface area contributed by atoms with Crippen molar-refractivity contribution in [1.82, 2.24) is 4.98 Å². The average molecular weight is 275 g/mol. The zero-order valence-corrected chi connectivity index (χ0v) is 12.0. The largest absolute Gasteiger partial charge is 0.429 e. The molecule has 0 saturated heterocycles. The van der Waals surface area contributed by atoms with Crippen LogP contribution >= 0.6 is 11.8 Å². The third-order valence-electron chi connectivity index (χ3n) is 2.82. The van der Waals surface area contributed by atoms with E-state index in [0.717, 1.165) is 18.4 Å². The van der Waals surface area contributed by atoms with Gasteiger partial charge in [-0.05, 0) is 24.8 Å². The summed E-state index contributed by atoms with van der Waals surface area (Å²) in [5.41, 5.74) is 1.37. The highest BCUT2D eigenvalue weighted by molar-refractivity contribution is 7.98. The topological polar surface area (TPSA) is 43.1 Å². The van der Waals surface area contributed by atoms with E-state index in [2.05, 4.69) is 11.9 Å². The zero-order chi connectivity index (χ0) is 13.7. The number of Topliss-reactive ketones (excluding diaryl/α,β-unsaturated/α-hetero) is 1. The predicted molar refractivity (Wildman–Crippen MR) is 77.6 cm³/mol. The molecule has 0 amide bonds. The van der Waals surface area contributed by atoms with Crippen LogP contribution in [-0.4, -0.2) is 17.0 Å². The van der Waals surface area contributed by atoms with E-state index in [0.29, 0.717) is 23.1 Å². The van der Waals surface area contributed by atoms with E-state index in [1.807, 2.05) is 36.6 Å². The smallest absolute Gasteiger partial charge is 0.228 e. The van der Waals surface area contributed by atoms with Crippen molar-refractivity contribution in [3.05, 3.63) is 36.0 Å². The van der Waals surface area contributed by atoms with E-state index in [9.17, 15) is 4.79 Å². The number of ketones is 1. The third-order valence-corrected chi connectivity index (χ3v) is 3.47. The molecule has 0 N–H and O–H groups in total. The lowest BCUT2D eigenvalue weighted by Gasteiger charge is -1.96. The van der Waals surface area contributed by atoms with Gasteiger partial charge in [0.2, 0.25) is 5.89 Å². The van der Waals surface area contributed by atoms with Gasteiger partial charge >= 0.3 is 0 Å². The van der Waals surface area contributed by atoms with Crippen LogP contribution in [0.15, 0.2) is 39.8 Å². The van der Waals surface area contributed by atoms with Crippen molar-refractivity contribution in [2.45, 2.75) is 31.3 Å². The van der Waals surface area contributed by atoms with Crippen LogP contribution in [0.1, 0.15) is 36.7 Å². The third kappa shape index (κ3) is 3.26. The fourth-order valence-electron chi connectivity index (χ4n) is 1.78. The highest BCUT2D eigenvalue weighted by Gasteiger charge is 2.19. The molecule has 0 aliphatic rings. The Bertz CT molecular complexity index is 549. The first-order valence-corrected chi connectivity index (χ1v) is 7.62. The Morgan fingerprint density at radius 1 is 1.32 bits per heavy atom. The summed E-state index contributed by atoms with van der Waals surface area (Å²) in [6.07, 6.45) is 4.32. The molecule has 0 unspecified atom stereocenters. The molecule has 0 spiro atoms. The maximum Gasteiger partial charge on any atom is 0.228 e. The van der Waals surface area contributed by atoms with E-state index < -0.39 is 0 Å². The molecule has 1 aromatic carbocycles. The van der Waals surface area contributed by atoms with Crippen LogP contribution in [0.3, 0.4) is 0 Å². The SMILES string of the molecule is CCCCC(=O)c1nc(-c2ccccc2)oc1SC. The zero-order valence-electron chi connectivity index (χ0n) is 11.2. The Morgan fingerprint density at radius 3 is 2.68 bits per heavy atom. The van der Waals surface area contributed by atoms with E-state index >= 15 is 0 Å². The second kappa shape index (κ2) is 6.57. The number of oxazole rings is 1. The Hall–Kier alpha value is -1.55. The average Bonchev–Trinajstić information content (AvgIpc) is 2.90. The molecule has 0 aliphatic heterocycles. The maximum atomic E-state index is 12.1. The second-order valence-corrected chi connectivity index (χ2v) is 5.03. The van der Waals surface area contributed by atoms with Gasteiger partial charge in [-0.25, -0.2) is 4.98 Å². The number of hydrogen-bond acceptors (Lipinski definition) is 4. The molecule has 0 bridgehead atoms. The van der Waals surface area contributed by atoms with Gasteiger partial charge in [-0.1, -0.05) is 43.3 Å². The first kappa shape index (κ1) is 13.9. The summed E-state index contributed by atoms with van der Waals surface area (Å²) < 4.78 is 5.68. The number of rotatable bonds is 6. The lowest BCUT2D eigenvalue weighted by molar-refractivity contribution is 0.0970. The van der Waals surface area contributed by atoms with Gasteiger partial charge in [-0.3, -0.25) is 4.79 Å². The van der Waals surface area contributed by atoms with Crippen LogP contribution in [0.5, 0.6) is 0 Å². The van der Waals surface area contributed by atoms with Crippen LogP contribution in [0.4, 0.5) is 0 Å². The molecule has 1 heterocycles. The van der Waals surface area contributed by atoms with Crippen LogP contribution in [-0.2, 0) is 0 Å². The molecule has 100 valence electrons. The lowest BCUT2D eigenvalue weighted by Crippen LogP contribution is -2.00. The molecule has 2 aromatic rings. The summed E-state index contributed by atoms with van der Waals surface area (Å²) >= 11 is 1.42. The molecule has 2 rings (SSSR count). The quantitative estimate of drug-likeness (QED) is 0.577. The number of carbonyl (C=O) groups is 1. The number of nitrogens with zero attached hydrogens (tertiary/aromatic N) is 1. The van der Waals surface area contributed by atoms with Crippen LogP contribution < -0.4 is 0 Å². The van der Waals surface area contributed by atoms with Crippen molar-refractivity contribution in [3.8, 4) is 11.5 Å². The number of hydrogen-bond donors (Lipinski definition) is 0. The monoisotopic (exact) mass is 275 g/mol. The first-order chi connectivity index (χ1) is 9.26. The fraction of sp³-hybridized carbons (Fsp3) is 0.333. The Kier molecular flexibility index (Phi) is 4.80. The van der Waals surface area contributed by atoms with Gasteiger partial charge in [0.25, 0.3) is 0 Å². The minimum atomic E-state index is 0.0668. The number of benzene rings is 1. The Balaban J connectivity index is 2.30. The Labute approximate surface area is 117 Å². The Morgan fingerprint density at radius 2 is 2.05 bits per heavy atom. The molecule has 3 nitrogen and oxygen atoms in total. The van der Waals surface area contributed by atoms with Gasteiger partial charge in [-0.2, -0.15) is 0 Å². The molecule has 0 fully saturated rings. The highest BCUT2D eigenvalue weighted by Crippen LogP contribution is 2.28. The van der Waals surface area contributed by atoms with Crippen LogP contribution in [0, 0.1) is 0 Å². The van der Waals surface area contributed by atoms with E-state index in [1.54, 1.807) is 0 Å². The minimum absolute atomic E-state index is 0.0668. The van der Waals surface area contributed by atoms with Gasteiger partial charge in [0.05, 0.1) is 0 Å². The van der Waals surface area contributed by atoms with Gasteiger partial charge in [0, 0.05) is 12.0 Å². The molecule has 0 atom stereocenters. The van der Waals surface area contributed by atoms with Crippen molar-refractivity contribution < 1.29 is 9.21 Å². The summed E-state index contributed by atoms with van der Waals surface area (Å²) in [6.45, 7) is 2.07. The van der Waals surface area contributed by atoms with Crippen molar-refractivity contribution in [2.75, 3.05) is 6.26 Å². The van der Waals surface area contributed by atoms with Crippen LogP contribution in [0.2, 0.25) is 0 Å². The molecule has 0 saturated carbocycles. The van der Waals surface area contributed by atoms with Gasteiger partial charge < -0.3 is 4.42 Å². The van der Waals surface area contributed by atoms with Crippen LogP contribution in [0.25, 0.3) is 11.5 Å². The highest BCUT2D eigenvalue weighted by atomic mass is 32.2. The molecular formula is C15H17NO2S. The van der Waals surface area contributed by atoms with Crippen molar-refractivity contribution in [1.29, 1.82) is 0 Å². The van der Waals surface area contributed by atoms with E-state index in [1.165, 1.54) is 11.8 Å². The molecule has 1 aromatic heterocycles. The summed E-state index contributed by atoms with van der Waals surface area (Å²) in [5.74, 6) is 0.585. The fourth-order valence-corrected chi connectivity index (χ4v) is 2.30. The number of aromatic nitrogens is 1. The number of unbranched alkanes of at least 4 members (excludes halogenated alkanes) is 1. The van der Waals surface area contributed by atoms with Gasteiger partial charge in [0.1, 0.15) is 0 Å². The standard InChI is InChI=1S/C15H17NO2S/c1-3-4-10-12(17)13-15(19-2)18-14(16-13)11-8-6-5-7-9-11/h5-9H,3-4,10H2,1-2H3. The van der Waals surface area contributed by atoms with Gasteiger partial charge in [0.15, 0.2) is 16.6 Å². The predicted octanol–water partition coefficient (Wildman–Crippen LogP) is 4.44. The second-order valence-electron chi connectivity index (χ2n) is 4.25. The minimum Gasteiger partial charge on any atom is -0.429 e. The molecule has 19 heavy (non-hydrogen) atoms. The first-order valence-electron chi connectivity index (χ1n) is 6.39. The molecule has 0 radical (unpaired) electrons. The molecule has 4 heteroatoms. The van der Waals surface area contributed by atoms with E-state index in [-0.39, 0.29) is 5.78 Å². The van der Waals surface area contributed by atoms with Crippen molar-refractivity contribution in [2.24, 2.45) is 0 Å². The van der Waals surface area contributed by atoms with Crippen molar-refractivity contribution >= 4 is 17.5 Å². The number of thioether (sulfide) groups is 1. The van der Waals surface area contributed by atoms with E-state index in [4.69, 9.17) is 4.42 Å². The molecule has 0 aliphatic carbocycles. The normalized spacial score (nSPS) is 10.6. The van der Waals surface area contributed by atoms with Crippen molar-refractivity contribution in [3.63, 3.8) is 0 Å². The number of carbonyl (C=O) groups excluding carboxylic acids is 1. The summed E-state index contributed by atoms with van der Waals surface area (Å²) in [4.78, 5) is 16.5. The van der Waals surface area contributed by atoms with Gasteiger partial charge in [-0.15, -0.1) is 0 Å². The summed E-state index contributed by atoms with van der Waals surface area (Å²) in [7, 11) is 0. The summed E-state index contributed by atoms with van der Waals surface area (Å²) in [6, 6.07) is 9.65. The summed E-state index contributed by atoms with van der Waals surface area (Å²) in [5, 5.41) is 0.611. The lowest BCUT2D eigenvalue weighted by atomic mass is 10.1.